The molecule has 3 aromatic rings. The largest absolute Gasteiger partial charge is 0.326 e. The van der Waals surface area contributed by atoms with Gasteiger partial charge in [-0.3, -0.25) is 14.4 Å². The summed E-state index contributed by atoms with van der Waals surface area (Å²) in [5.74, 6) is -7.71. The Morgan fingerprint density at radius 2 is 1.62 bits per heavy atom. The molecule has 0 bridgehead atoms. The third kappa shape index (κ3) is 6.09. The van der Waals surface area contributed by atoms with Crippen molar-refractivity contribution in [3.05, 3.63) is 87.4 Å². The van der Waals surface area contributed by atoms with Gasteiger partial charge >= 0.3 is 6.43 Å². The number of amides is 3. The second kappa shape index (κ2) is 11.2. The highest BCUT2D eigenvalue weighted by Gasteiger charge is 2.67. The minimum Gasteiger partial charge on any atom is -0.326 e. The molecule has 1 saturated carbocycles. The number of hydrogen-bond donors (Lipinski definition) is 3. The summed E-state index contributed by atoms with van der Waals surface area (Å²) < 4.78 is 52.3. The normalized spacial score (nSPS) is 17.5. The summed E-state index contributed by atoms with van der Waals surface area (Å²) in [5.41, 5.74) is -1.24. The number of alkyl halides is 4. The number of nitrogens with one attached hydrogen (secondary N) is 3. The summed E-state index contributed by atoms with van der Waals surface area (Å²) in [6, 6.07) is 12.1. The van der Waals surface area contributed by atoms with Crippen molar-refractivity contribution in [2.24, 2.45) is 5.92 Å². The van der Waals surface area contributed by atoms with E-state index in [1.54, 1.807) is 24.3 Å². The molecule has 1 fully saturated rings. The van der Waals surface area contributed by atoms with Gasteiger partial charge in [0, 0.05) is 16.6 Å². The summed E-state index contributed by atoms with van der Waals surface area (Å²) in [7, 11) is 0. The van der Waals surface area contributed by atoms with Crippen molar-refractivity contribution in [2.75, 3.05) is 16.0 Å². The van der Waals surface area contributed by atoms with Crippen LogP contribution in [0.5, 0.6) is 0 Å². The molecule has 0 saturated heterocycles. The third-order valence-electron chi connectivity index (χ3n) is 5.81. The van der Waals surface area contributed by atoms with Crippen molar-refractivity contribution in [1.29, 1.82) is 0 Å². The first kappa shape index (κ1) is 28.9. The van der Waals surface area contributed by atoms with E-state index < -0.39 is 63.3 Å². The lowest BCUT2D eigenvalue weighted by Crippen LogP contribution is -2.22. The number of hydrogen-bond acceptors (Lipinski definition) is 3. The van der Waals surface area contributed by atoms with Crippen LogP contribution in [0, 0.1) is 17.6 Å². The van der Waals surface area contributed by atoms with Crippen LogP contribution < -0.4 is 16.0 Å². The number of carbonyl (C=O) groups is 3. The van der Waals surface area contributed by atoms with Gasteiger partial charge in [0.1, 0.15) is 15.8 Å². The van der Waals surface area contributed by atoms with E-state index in [1.165, 1.54) is 23.5 Å². The summed E-state index contributed by atoms with van der Waals surface area (Å²) in [6.07, 6.45) is -3.53. The number of carbonyl (C=O) groups excluding carboxylic acids is 3. The van der Waals surface area contributed by atoms with E-state index in [4.69, 9.17) is 46.4 Å². The van der Waals surface area contributed by atoms with Crippen LogP contribution in [0.1, 0.15) is 21.8 Å². The van der Waals surface area contributed by atoms with Gasteiger partial charge in [-0.15, -0.1) is 23.2 Å². The predicted octanol–water partition coefficient (Wildman–Crippen LogP) is 7.25. The van der Waals surface area contributed by atoms with Crippen LogP contribution in [0.15, 0.2) is 54.6 Å². The van der Waals surface area contributed by atoms with Crippen molar-refractivity contribution in [3.63, 3.8) is 0 Å². The summed E-state index contributed by atoms with van der Waals surface area (Å²) in [4.78, 5) is 37.0. The second-order valence-corrected chi connectivity index (χ2v) is 10.7. The predicted molar refractivity (Wildman–Crippen MR) is 141 cm³/mol. The Bertz CT molecular complexity index is 1490. The van der Waals surface area contributed by atoms with Gasteiger partial charge in [-0.25, -0.2) is 8.78 Å². The molecule has 204 valence electrons. The van der Waals surface area contributed by atoms with E-state index in [9.17, 15) is 31.9 Å². The third-order valence-corrected chi connectivity index (χ3v) is 7.31. The zero-order valence-corrected chi connectivity index (χ0v) is 22.2. The van der Waals surface area contributed by atoms with E-state index in [0.29, 0.717) is 16.7 Å². The molecule has 3 amide bonds. The van der Waals surface area contributed by atoms with E-state index >= 15 is 0 Å². The molecular formula is C25H15Cl4F4N3O3. The van der Waals surface area contributed by atoms with Crippen molar-refractivity contribution in [1.82, 2.24) is 0 Å². The van der Waals surface area contributed by atoms with Gasteiger partial charge in [0.25, 0.3) is 11.8 Å². The van der Waals surface area contributed by atoms with Gasteiger partial charge in [0.05, 0.1) is 22.2 Å². The number of rotatable bonds is 7. The van der Waals surface area contributed by atoms with Crippen LogP contribution >= 0.6 is 46.4 Å². The molecule has 39 heavy (non-hydrogen) atoms. The Morgan fingerprint density at radius 1 is 0.897 bits per heavy atom. The van der Waals surface area contributed by atoms with Crippen LogP contribution in [0.3, 0.4) is 0 Å². The Morgan fingerprint density at radius 3 is 2.28 bits per heavy atom. The molecule has 0 aromatic heterocycles. The fourth-order valence-corrected chi connectivity index (χ4v) is 5.13. The van der Waals surface area contributed by atoms with Gasteiger partial charge in [0.2, 0.25) is 5.91 Å². The molecule has 2 atom stereocenters. The van der Waals surface area contributed by atoms with Crippen LogP contribution in [-0.2, 0) is 9.59 Å². The zero-order chi connectivity index (χ0) is 28.6. The maximum absolute atomic E-state index is 14.7. The Kier molecular flexibility index (Phi) is 8.32. The molecule has 0 aliphatic heterocycles. The second-order valence-electron chi connectivity index (χ2n) is 8.40. The number of halogens is 8. The lowest BCUT2D eigenvalue weighted by Gasteiger charge is -2.13. The minimum atomic E-state index is -3.53. The van der Waals surface area contributed by atoms with E-state index in [2.05, 4.69) is 10.6 Å². The molecule has 6 nitrogen and oxygen atoms in total. The first-order chi connectivity index (χ1) is 18.3. The maximum Gasteiger partial charge on any atom is 0.315 e. The fourth-order valence-electron chi connectivity index (χ4n) is 3.90. The molecule has 3 N–H and O–H groups in total. The van der Waals surface area contributed by atoms with Crippen molar-refractivity contribution < 1.29 is 31.9 Å². The highest BCUT2D eigenvalue weighted by molar-refractivity contribution is 6.53. The summed E-state index contributed by atoms with van der Waals surface area (Å²) in [5, 5.41) is 6.50. The van der Waals surface area contributed by atoms with Crippen LogP contribution in [0.2, 0.25) is 10.0 Å². The Labute approximate surface area is 238 Å². The monoisotopic (exact) mass is 621 g/mol. The summed E-state index contributed by atoms with van der Waals surface area (Å²) >= 11 is 24.8. The van der Waals surface area contributed by atoms with Gasteiger partial charge < -0.3 is 16.0 Å². The van der Waals surface area contributed by atoms with Gasteiger partial charge in [-0.05, 0) is 48.0 Å². The Hall–Kier alpha value is -3.05. The fraction of sp³-hybridized carbons (Fsp3) is 0.160. The first-order valence-corrected chi connectivity index (χ1v) is 12.4. The molecule has 0 heterocycles. The lowest BCUT2D eigenvalue weighted by atomic mass is 10.1. The van der Waals surface area contributed by atoms with Gasteiger partial charge in [-0.2, -0.15) is 8.78 Å². The average Bonchev–Trinajstić information content (AvgIpc) is 3.46. The van der Waals surface area contributed by atoms with Gasteiger partial charge in [0.15, 0.2) is 5.82 Å². The highest BCUT2D eigenvalue weighted by atomic mass is 35.5. The zero-order valence-electron chi connectivity index (χ0n) is 19.2. The molecule has 1 aliphatic carbocycles. The van der Waals surface area contributed by atoms with Crippen LogP contribution in [0.25, 0.3) is 0 Å². The van der Waals surface area contributed by atoms with Crippen LogP contribution in [0.4, 0.5) is 34.6 Å². The molecule has 0 radical (unpaired) electrons. The molecule has 0 spiro atoms. The summed E-state index contributed by atoms with van der Waals surface area (Å²) in [6.45, 7) is 0. The quantitative estimate of drug-likeness (QED) is 0.192. The molecule has 4 rings (SSSR count). The molecule has 3 aromatic carbocycles. The van der Waals surface area contributed by atoms with Crippen molar-refractivity contribution >= 4 is 81.2 Å². The van der Waals surface area contributed by atoms with Crippen LogP contribution in [-0.4, -0.2) is 28.5 Å². The number of anilines is 3. The molecule has 14 heteroatoms. The average molecular weight is 623 g/mol. The lowest BCUT2D eigenvalue weighted by molar-refractivity contribution is -0.126. The standard InChI is InChI=1S/C25H15Cl4F4N3O3/c26-11-3-1-2-10(8-11)17-18(25(17,28)29)23(38)34-12-4-5-14(27)13(9-12)22(37)35-16-7-6-15(30)20(19(16)31)36-24(39)21(32)33/h1-9,17-18,21H,(H,34,38)(H,35,37)(H,36,39). The molecule has 2 unspecified atom stereocenters. The topological polar surface area (TPSA) is 87.3 Å². The smallest absolute Gasteiger partial charge is 0.315 e. The highest BCUT2D eigenvalue weighted by Crippen LogP contribution is 2.65. The van der Waals surface area contributed by atoms with Gasteiger partial charge in [-0.1, -0.05) is 35.3 Å². The van der Waals surface area contributed by atoms with E-state index in [1.807, 2.05) is 0 Å². The van der Waals surface area contributed by atoms with Crippen molar-refractivity contribution in [2.45, 2.75) is 16.7 Å². The Balaban J connectivity index is 1.51. The van der Waals surface area contributed by atoms with E-state index in [-0.39, 0.29) is 16.3 Å². The minimum absolute atomic E-state index is 0.0912. The number of benzene rings is 3. The first-order valence-electron chi connectivity index (χ1n) is 10.9. The SMILES string of the molecule is O=C(Nc1ccc(F)c(NC(=O)C(F)F)c1F)c1cc(NC(=O)C2C(c3cccc(Cl)c3)C2(Cl)Cl)ccc1Cl. The molecule has 1 aliphatic rings. The maximum atomic E-state index is 14.7. The van der Waals surface area contributed by atoms with Crippen molar-refractivity contribution in [3.8, 4) is 0 Å². The molecular weight excluding hydrogens is 608 g/mol. The van der Waals surface area contributed by atoms with E-state index in [0.717, 1.165) is 6.07 Å².